The van der Waals surface area contributed by atoms with E-state index in [-0.39, 0.29) is 11.8 Å². The molecule has 0 unspecified atom stereocenters. The highest BCUT2D eigenvalue weighted by atomic mass is 32.2. The van der Waals surface area contributed by atoms with E-state index in [0.717, 1.165) is 12.0 Å². The summed E-state index contributed by atoms with van der Waals surface area (Å²) in [5.41, 5.74) is 0.755. The maximum Gasteiger partial charge on any atom is 0.243 e. The Morgan fingerprint density at radius 2 is 1.91 bits per heavy atom. The number of aryl methyl sites for hydroxylation is 1. The number of hydrogen-bond donors (Lipinski definition) is 1. The van der Waals surface area contributed by atoms with Gasteiger partial charge in [0.1, 0.15) is 0 Å². The van der Waals surface area contributed by atoms with Gasteiger partial charge in [-0.2, -0.15) is 4.31 Å². The van der Waals surface area contributed by atoms with Crippen molar-refractivity contribution in [3.63, 3.8) is 0 Å². The van der Waals surface area contributed by atoms with E-state index in [9.17, 15) is 13.2 Å². The number of carbonyl (C=O) groups excluding carboxylic acids is 1. The maximum atomic E-state index is 12.7. The Labute approximate surface area is 132 Å². The summed E-state index contributed by atoms with van der Waals surface area (Å²) in [6.45, 7) is 5.30. The van der Waals surface area contributed by atoms with Crippen LogP contribution in [0.1, 0.15) is 31.7 Å². The molecule has 1 saturated heterocycles. The Hall–Kier alpha value is -1.40. The second-order valence-electron chi connectivity index (χ2n) is 5.73. The highest BCUT2D eigenvalue weighted by Gasteiger charge is 2.32. The molecule has 1 aliphatic heterocycles. The Kier molecular flexibility index (Phi) is 5.58. The van der Waals surface area contributed by atoms with Gasteiger partial charge in [-0.3, -0.25) is 4.79 Å². The number of piperidine rings is 1. The first kappa shape index (κ1) is 17.0. The van der Waals surface area contributed by atoms with Crippen LogP contribution in [0.15, 0.2) is 29.2 Å². The van der Waals surface area contributed by atoms with Crippen LogP contribution in [0.25, 0.3) is 0 Å². The summed E-state index contributed by atoms with van der Waals surface area (Å²) in [4.78, 5) is 12.3. The summed E-state index contributed by atoms with van der Waals surface area (Å²) in [6.07, 6.45) is 2.08. The van der Waals surface area contributed by atoms with Crippen molar-refractivity contribution >= 4 is 15.9 Å². The van der Waals surface area contributed by atoms with Crippen molar-refractivity contribution in [3.05, 3.63) is 29.8 Å². The quantitative estimate of drug-likeness (QED) is 0.900. The molecule has 0 aromatic heterocycles. The second kappa shape index (κ2) is 7.24. The summed E-state index contributed by atoms with van der Waals surface area (Å²) in [5.74, 6) is -0.0235. The monoisotopic (exact) mass is 324 g/mol. The fourth-order valence-electron chi connectivity index (χ4n) is 2.74. The fraction of sp³-hybridized carbons (Fsp3) is 0.562. The maximum absolute atomic E-state index is 12.7. The Morgan fingerprint density at radius 3 is 2.50 bits per heavy atom. The van der Waals surface area contributed by atoms with Gasteiger partial charge in [-0.25, -0.2) is 8.42 Å². The van der Waals surface area contributed by atoms with E-state index in [1.807, 2.05) is 13.0 Å². The minimum absolute atomic E-state index is 0.0507. The smallest absolute Gasteiger partial charge is 0.243 e. The van der Waals surface area contributed by atoms with E-state index >= 15 is 0 Å². The van der Waals surface area contributed by atoms with Gasteiger partial charge in [0.25, 0.3) is 0 Å². The topological polar surface area (TPSA) is 66.5 Å². The van der Waals surface area contributed by atoms with Crippen molar-refractivity contribution in [3.8, 4) is 0 Å². The van der Waals surface area contributed by atoms with E-state index in [4.69, 9.17) is 0 Å². The summed E-state index contributed by atoms with van der Waals surface area (Å²) in [7, 11) is -3.46. The van der Waals surface area contributed by atoms with Gasteiger partial charge in [0.15, 0.2) is 0 Å². The lowest BCUT2D eigenvalue weighted by atomic mass is 9.97. The third-order valence-corrected chi connectivity index (χ3v) is 6.14. The van der Waals surface area contributed by atoms with Gasteiger partial charge in [-0.05, 0) is 37.8 Å². The molecular formula is C16H24N2O3S. The van der Waals surface area contributed by atoms with Gasteiger partial charge in [-0.1, -0.05) is 25.1 Å². The predicted octanol–water partition coefficient (Wildman–Crippen LogP) is 1.92. The minimum Gasteiger partial charge on any atom is -0.356 e. The molecule has 0 bridgehead atoms. The molecule has 0 saturated carbocycles. The molecule has 1 fully saturated rings. The first-order chi connectivity index (χ1) is 10.5. The lowest BCUT2D eigenvalue weighted by Crippen LogP contribution is -2.43. The molecule has 0 radical (unpaired) electrons. The standard InChI is InChI=1S/C16H24N2O3S/c1-3-10-17-16(19)14-8-11-18(12-9-14)22(20,21)15-7-5-4-6-13(15)2/h4-7,14H,3,8-12H2,1-2H3,(H,17,19). The number of benzene rings is 1. The van der Waals surface area contributed by atoms with Crippen LogP contribution in [0.4, 0.5) is 0 Å². The number of hydrogen-bond acceptors (Lipinski definition) is 3. The summed E-state index contributed by atoms with van der Waals surface area (Å²) in [5, 5.41) is 2.89. The van der Waals surface area contributed by atoms with E-state index in [0.29, 0.717) is 37.4 Å². The Bertz CT molecular complexity index is 620. The molecule has 6 heteroatoms. The average Bonchev–Trinajstić information content (AvgIpc) is 2.53. The number of nitrogens with zero attached hydrogens (tertiary/aromatic N) is 1. The summed E-state index contributed by atoms with van der Waals surface area (Å²) < 4.78 is 26.9. The van der Waals surface area contributed by atoms with Crippen LogP contribution in [0, 0.1) is 12.8 Å². The zero-order chi connectivity index (χ0) is 16.2. The minimum atomic E-state index is -3.46. The average molecular weight is 324 g/mol. The van der Waals surface area contributed by atoms with Gasteiger partial charge in [0.2, 0.25) is 15.9 Å². The molecular weight excluding hydrogens is 300 g/mol. The molecule has 122 valence electrons. The number of carbonyl (C=O) groups is 1. The summed E-state index contributed by atoms with van der Waals surface area (Å²) >= 11 is 0. The van der Waals surface area contributed by atoms with E-state index in [1.54, 1.807) is 25.1 Å². The van der Waals surface area contributed by atoms with Crippen molar-refractivity contribution in [1.29, 1.82) is 0 Å². The molecule has 1 aromatic carbocycles. The van der Waals surface area contributed by atoms with Crippen LogP contribution in [-0.4, -0.2) is 38.3 Å². The molecule has 0 atom stereocenters. The van der Waals surface area contributed by atoms with Gasteiger partial charge >= 0.3 is 0 Å². The number of sulfonamides is 1. The lowest BCUT2D eigenvalue weighted by Gasteiger charge is -2.30. The molecule has 22 heavy (non-hydrogen) atoms. The van der Waals surface area contributed by atoms with Crippen molar-refractivity contribution in [2.75, 3.05) is 19.6 Å². The zero-order valence-corrected chi connectivity index (χ0v) is 14.0. The molecule has 5 nitrogen and oxygen atoms in total. The molecule has 1 heterocycles. The molecule has 0 aliphatic carbocycles. The van der Waals surface area contributed by atoms with Crippen LogP contribution >= 0.6 is 0 Å². The van der Waals surface area contributed by atoms with Crippen LogP contribution in [-0.2, 0) is 14.8 Å². The van der Waals surface area contributed by atoms with Crippen LogP contribution in [0.5, 0.6) is 0 Å². The summed E-state index contributed by atoms with van der Waals surface area (Å²) in [6, 6.07) is 7.02. The molecule has 2 rings (SSSR count). The largest absolute Gasteiger partial charge is 0.356 e. The highest BCUT2D eigenvalue weighted by Crippen LogP contribution is 2.25. The zero-order valence-electron chi connectivity index (χ0n) is 13.2. The Balaban J connectivity index is 2.02. The fourth-order valence-corrected chi connectivity index (χ4v) is 4.43. The van der Waals surface area contributed by atoms with Crippen molar-refractivity contribution < 1.29 is 13.2 Å². The predicted molar refractivity (Wildman–Crippen MR) is 86.0 cm³/mol. The molecule has 0 spiro atoms. The van der Waals surface area contributed by atoms with E-state index in [1.165, 1.54) is 4.31 Å². The van der Waals surface area contributed by atoms with Crippen molar-refractivity contribution in [2.45, 2.75) is 38.0 Å². The van der Waals surface area contributed by atoms with Gasteiger partial charge < -0.3 is 5.32 Å². The van der Waals surface area contributed by atoms with Gasteiger partial charge in [0, 0.05) is 25.6 Å². The van der Waals surface area contributed by atoms with Gasteiger partial charge in [0.05, 0.1) is 4.90 Å². The highest BCUT2D eigenvalue weighted by molar-refractivity contribution is 7.89. The number of nitrogens with one attached hydrogen (secondary N) is 1. The van der Waals surface area contributed by atoms with E-state index < -0.39 is 10.0 Å². The molecule has 1 aromatic rings. The van der Waals surface area contributed by atoms with E-state index in [2.05, 4.69) is 5.32 Å². The first-order valence-electron chi connectivity index (χ1n) is 7.80. The second-order valence-corrected chi connectivity index (χ2v) is 7.64. The van der Waals surface area contributed by atoms with Crippen molar-refractivity contribution in [2.24, 2.45) is 5.92 Å². The molecule has 1 amide bonds. The van der Waals surface area contributed by atoms with Crippen molar-refractivity contribution in [1.82, 2.24) is 9.62 Å². The van der Waals surface area contributed by atoms with Crippen LogP contribution in [0.2, 0.25) is 0 Å². The molecule has 1 aliphatic rings. The lowest BCUT2D eigenvalue weighted by molar-refractivity contribution is -0.126. The first-order valence-corrected chi connectivity index (χ1v) is 9.24. The normalized spacial score (nSPS) is 17.4. The van der Waals surface area contributed by atoms with Gasteiger partial charge in [-0.15, -0.1) is 0 Å². The van der Waals surface area contributed by atoms with Crippen LogP contribution in [0.3, 0.4) is 0 Å². The molecule has 1 N–H and O–H groups in total. The SMILES string of the molecule is CCCNC(=O)C1CCN(S(=O)(=O)c2ccccc2C)CC1. The third-order valence-electron chi connectivity index (χ3n) is 4.09. The van der Waals surface area contributed by atoms with Crippen LogP contribution < -0.4 is 5.32 Å². The third kappa shape index (κ3) is 3.67. The number of amides is 1. The Morgan fingerprint density at radius 1 is 1.27 bits per heavy atom. The number of rotatable bonds is 5.